The fourth-order valence-electron chi connectivity index (χ4n) is 5.23. The minimum absolute atomic E-state index is 0. The van der Waals surface area contributed by atoms with Crippen LogP contribution >= 0.6 is 0 Å². The molecule has 1 aliphatic rings. The SMILES string of the molecule is NCCCC[C@H]1CNC(=O)CN([O-])C(=O)CC(=O)NCCCN(C(=O)CC(=O)N[O-])CCCCN(C(=O)CC(=O)N[O-])CCCNC(=O)CC(=O)N([O-])CC(=O)N1.[Ca+2]. The third-order valence-electron chi connectivity index (χ3n) is 8.19. The third kappa shape index (κ3) is 23.9. The summed E-state index contributed by atoms with van der Waals surface area (Å²) in [4.78, 5) is 126. The molecular weight excluding hydrogens is 802 g/mol. The zero-order valence-corrected chi connectivity index (χ0v) is 34.4. The molecule has 0 unspecified atom stereocenters. The van der Waals surface area contributed by atoms with Crippen molar-refractivity contribution in [2.24, 2.45) is 5.73 Å². The minimum Gasteiger partial charge on any atom is -0.759 e. The van der Waals surface area contributed by atoms with Gasteiger partial charge in [0.25, 0.3) is 0 Å². The van der Waals surface area contributed by atoms with Crippen LogP contribution in [0, 0.1) is 20.8 Å². The molecule has 0 aromatic heterocycles. The van der Waals surface area contributed by atoms with Gasteiger partial charge in [0.2, 0.25) is 59.1 Å². The maximum Gasteiger partial charge on any atom is 2.00 e. The number of nitrogens with zero attached hydrogens (tertiary/aromatic N) is 4. The Labute approximate surface area is 363 Å². The molecule has 1 saturated heterocycles. The van der Waals surface area contributed by atoms with Crippen molar-refractivity contribution in [3.8, 4) is 0 Å². The summed E-state index contributed by atoms with van der Waals surface area (Å²) in [5.41, 5.74) is 7.73. The quantitative estimate of drug-likeness (QED) is 0.0522. The molecule has 0 radical (unpaired) electrons. The molecule has 1 rings (SSSR count). The number of carbonyl (C=O) groups is 10. The van der Waals surface area contributed by atoms with E-state index in [0.29, 0.717) is 19.4 Å². The molecule has 10 amide bonds. The van der Waals surface area contributed by atoms with Gasteiger partial charge in [-0.1, -0.05) is 6.42 Å². The number of amides is 10. The van der Waals surface area contributed by atoms with E-state index in [2.05, 4.69) is 21.3 Å². The molecule has 8 N–H and O–H groups in total. The van der Waals surface area contributed by atoms with Crippen LogP contribution in [0.4, 0.5) is 0 Å². The Kier molecular flexibility index (Phi) is 28.5. The van der Waals surface area contributed by atoms with Crippen LogP contribution < -0.4 is 38.0 Å². The van der Waals surface area contributed by atoms with Crippen LogP contribution in [-0.4, -0.2) is 188 Å². The average Bonchev–Trinajstić information content (AvgIpc) is 3.16. The van der Waals surface area contributed by atoms with Gasteiger partial charge in [0.1, 0.15) is 25.7 Å². The zero-order chi connectivity index (χ0) is 42.8. The van der Waals surface area contributed by atoms with Gasteiger partial charge in [-0.25, -0.2) is 0 Å². The Balaban J connectivity index is 0.0000325. The first-order valence-electron chi connectivity index (χ1n) is 18.2. The van der Waals surface area contributed by atoms with Crippen LogP contribution in [0.3, 0.4) is 0 Å². The van der Waals surface area contributed by atoms with E-state index in [0.717, 1.165) is 11.0 Å². The predicted octanol–water partition coefficient (Wildman–Crippen LogP) is -4.76. The summed E-state index contributed by atoms with van der Waals surface area (Å²) < 4.78 is 0. The first-order valence-corrected chi connectivity index (χ1v) is 18.2. The normalized spacial score (nSPS) is 18.7. The van der Waals surface area contributed by atoms with Gasteiger partial charge in [-0.2, -0.15) is 0 Å². The van der Waals surface area contributed by atoms with Crippen LogP contribution in [0.15, 0.2) is 0 Å². The number of carbonyl (C=O) groups excluding carboxylic acids is 10. The smallest absolute Gasteiger partial charge is 0.759 e. The number of hydrogen-bond donors (Lipinski definition) is 7. The number of hydrogen-bond acceptors (Lipinski definition) is 15. The second-order valence-corrected chi connectivity index (χ2v) is 12.8. The molecule has 0 aromatic rings. The van der Waals surface area contributed by atoms with Crippen LogP contribution in [0.1, 0.15) is 70.6 Å². The molecule has 0 aromatic carbocycles. The summed E-state index contributed by atoms with van der Waals surface area (Å²) >= 11 is 0. The standard InChI is InChI=1S/C32H51N11O14.Ca/c33-8-2-1-7-22-19-36-27(48)20-42(56)31(52)15-23(44)34-9-5-13-40(29(50)17-25(46)38-54)11-3-4-12-41(30(51)18-26(47)39-55)14-6-10-35-24(45)16-32(53)43(57)21-28(49)37-22;/h22H,1-21,33H2,(H6-2,34,35,36,37,38,39,44,45,46,47,48,49,54,55);/q-4;+2/t22-;/m0./s1. The van der Waals surface area contributed by atoms with Crippen molar-refractivity contribution in [1.29, 1.82) is 0 Å². The van der Waals surface area contributed by atoms with Crippen molar-refractivity contribution >= 4 is 96.8 Å². The van der Waals surface area contributed by atoms with E-state index in [1.165, 1.54) is 9.80 Å². The van der Waals surface area contributed by atoms with Crippen molar-refractivity contribution < 1.29 is 47.9 Å². The summed E-state index contributed by atoms with van der Waals surface area (Å²) in [6, 6.07) is -0.794. The van der Waals surface area contributed by atoms with E-state index in [1.54, 1.807) is 0 Å². The Hall–Kier alpha value is -4.24. The van der Waals surface area contributed by atoms with Gasteiger partial charge in [0.15, 0.2) is 0 Å². The van der Waals surface area contributed by atoms with Gasteiger partial charge < -0.3 is 78.7 Å². The molecule has 1 heterocycles. The summed E-state index contributed by atoms with van der Waals surface area (Å²) in [7, 11) is 0. The van der Waals surface area contributed by atoms with Gasteiger partial charge in [-0.15, -0.1) is 0 Å². The fourth-order valence-corrected chi connectivity index (χ4v) is 5.23. The van der Waals surface area contributed by atoms with Gasteiger partial charge in [-0.05, 0) is 45.1 Å². The van der Waals surface area contributed by atoms with Crippen molar-refractivity contribution in [3.05, 3.63) is 20.8 Å². The minimum atomic E-state index is -1.24. The molecule has 1 fully saturated rings. The molecule has 1 atom stereocenters. The van der Waals surface area contributed by atoms with Gasteiger partial charge >= 0.3 is 37.7 Å². The molecule has 0 saturated carbocycles. The molecule has 25 nitrogen and oxygen atoms in total. The largest absolute Gasteiger partial charge is 2.00 e. The molecule has 0 bridgehead atoms. The van der Waals surface area contributed by atoms with E-state index in [9.17, 15) is 68.8 Å². The number of nitrogens with two attached hydrogens (primary N) is 1. The third-order valence-corrected chi connectivity index (χ3v) is 8.19. The van der Waals surface area contributed by atoms with Crippen molar-refractivity contribution in [1.82, 2.24) is 52.2 Å². The molecule has 58 heavy (non-hydrogen) atoms. The second kappa shape index (κ2) is 30.8. The van der Waals surface area contributed by atoms with E-state index >= 15 is 0 Å². The number of unbranched alkanes of at least 4 members (excludes halogenated alkanes) is 1. The molecule has 0 spiro atoms. The maximum atomic E-state index is 12.7. The Bertz CT molecular complexity index is 1410. The van der Waals surface area contributed by atoms with E-state index in [1.807, 2.05) is 0 Å². The number of rotatable bonds is 8. The van der Waals surface area contributed by atoms with E-state index < -0.39 is 104 Å². The number of hydroxylamine groups is 6. The predicted molar refractivity (Wildman–Crippen MR) is 203 cm³/mol. The van der Waals surface area contributed by atoms with Gasteiger partial charge in [0, 0.05) is 51.9 Å². The maximum absolute atomic E-state index is 12.7. The van der Waals surface area contributed by atoms with Crippen LogP contribution in [0.2, 0.25) is 0 Å². The van der Waals surface area contributed by atoms with E-state index in [4.69, 9.17) is 5.73 Å². The van der Waals surface area contributed by atoms with Crippen LogP contribution in [-0.2, 0) is 47.9 Å². The Morgan fingerprint density at radius 2 is 1.07 bits per heavy atom. The summed E-state index contributed by atoms with van der Waals surface area (Å²) in [5, 5.41) is 55.3. The van der Waals surface area contributed by atoms with Gasteiger partial charge in [-0.3, -0.25) is 47.9 Å². The zero-order valence-electron chi connectivity index (χ0n) is 32.2. The van der Waals surface area contributed by atoms with Crippen LogP contribution in [0.5, 0.6) is 0 Å². The van der Waals surface area contributed by atoms with E-state index in [-0.39, 0.29) is 126 Å². The van der Waals surface area contributed by atoms with Crippen molar-refractivity contribution in [3.63, 3.8) is 0 Å². The average molecular weight is 854 g/mol. The molecular formula is C32H51CaN11O14-2. The number of nitrogens with one attached hydrogen (secondary N) is 6. The molecule has 322 valence electrons. The monoisotopic (exact) mass is 853 g/mol. The molecule has 0 aliphatic carbocycles. The topological polar surface area (TPSA) is 374 Å². The Morgan fingerprint density at radius 3 is 1.50 bits per heavy atom. The Morgan fingerprint density at radius 1 is 0.638 bits per heavy atom. The van der Waals surface area contributed by atoms with Gasteiger partial charge in [0.05, 0.1) is 13.1 Å². The molecule has 26 heteroatoms. The second-order valence-electron chi connectivity index (χ2n) is 12.8. The van der Waals surface area contributed by atoms with Crippen molar-refractivity contribution in [2.45, 2.75) is 76.7 Å². The summed E-state index contributed by atoms with van der Waals surface area (Å²) in [5.74, 6) is -9.72. The summed E-state index contributed by atoms with van der Waals surface area (Å²) in [6.07, 6.45) is -1.44. The van der Waals surface area contributed by atoms with Crippen LogP contribution in [0.25, 0.3) is 0 Å². The van der Waals surface area contributed by atoms with Crippen molar-refractivity contribution in [2.75, 3.05) is 65.4 Å². The fraction of sp³-hybridized carbons (Fsp3) is 0.688. The summed E-state index contributed by atoms with van der Waals surface area (Å²) in [6.45, 7) is -2.10. The first kappa shape index (κ1) is 53.8. The first-order chi connectivity index (χ1) is 27.1. The molecule has 1 aliphatic heterocycles.